The van der Waals surface area contributed by atoms with E-state index in [2.05, 4.69) is 4.90 Å². The van der Waals surface area contributed by atoms with Gasteiger partial charge < -0.3 is 19.1 Å². The molecule has 6 nitrogen and oxygen atoms in total. The van der Waals surface area contributed by atoms with Crippen LogP contribution < -0.4 is 14.2 Å². The number of hydrogen-bond donors (Lipinski definition) is 0. The van der Waals surface area contributed by atoms with Crippen molar-refractivity contribution in [1.29, 1.82) is 0 Å². The average molecular weight is 445 g/mol. The molecule has 7 heteroatoms. The Morgan fingerprint density at radius 3 is 2.19 bits per heavy atom. The summed E-state index contributed by atoms with van der Waals surface area (Å²) >= 11 is 5.95. The minimum Gasteiger partial charge on any atom is -0.493 e. The fourth-order valence-corrected chi connectivity index (χ4v) is 3.69. The van der Waals surface area contributed by atoms with E-state index in [0.717, 1.165) is 30.2 Å². The maximum Gasteiger partial charge on any atom is 0.260 e. The van der Waals surface area contributed by atoms with Crippen molar-refractivity contribution in [2.45, 2.75) is 13.5 Å². The molecule has 0 aromatic heterocycles. The van der Waals surface area contributed by atoms with E-state index in [0.29, 0.717) is 30.3 Å². The molecule has 0 spiro atoms. The van der Waals surface area contributed by atoms with Crippen LogP contribution in [0.5, 0.6) is 17.2 Å². The maximum atomic E-state index is 12.7. The Balaban J connectivity index is 1.55. The van der Waals surface area contributed by atoms with Crippen LogP contribution in [0.25, 0.3) is 6.08 Å². The number of amides is 1. The summed E-state index contributed by atoms with van der Waals surface area (Å²) in [6, 6.07) is 11.6. The molecule has 0 saturated carbocycles. The lowest BCUT2D eigenvalue weighted by molar-refractivity contribution is -0.135. The minimum absolute atomic E-state index is 0.0484. The lowest BCUT2D eigenvalue weighted by Crippen LogP contribution is -2.49. The number of piperazine rings is 1. The summed E-state index contributed by atoms with van der Waals surface area (Å²) in [5, 5.41) is 0.740. The standard InChI is InChI=1S/C24H29ClN2O4/c1-4-5-19-14-21(29-2)24(22(15-19)30-3)31-17-23(28)27-12-10-26(11-13-27)16-18-6-8-20(25)9-7-18/h4-9,14-15H,10-13,16-17H2,1-3H3. The van der Waals surface area contributed by atoms with Crippen LogP contribution in [0.2, 0.25) is 5.02 Å². The fourth-order valence-electron chi connectivity index (χ4n) is 3.56. The Morgan fingerprint density at radius 2 is 1.65 bits per heavy atom. The van der Waals surface area contributed by atoms with Crippen molar-refractivity contribution in [1.82, 2.24) is 9.80 Å². The minimum atomic E-state index is -0.0626. The third-order valence-electron chi connectivity index (χ3n) is 5.23. The summed E-state index contributed by atoms with van der Waals surface area (Å²) in [4.78, 5) is 16.9. The summed E-state index contributed by atoms with van der Waals surface area (Å²) < 4.78 is 16.7. The topological polar surface area (TPSA) is 51.2 Å². The third-order valence-corrected chi connectivity index (χ3v) is 5.48. The van der Waals surface area contributed by atoms with Crippen LogP contribution in [0.4, 0.5) is 0 Å². The summed E-state index contributed by atoms with van der Waals surface area (Å²) in [6.07, 6.45) is 3.88. The van der Waals surface area contributed by atoms with Gasteiger partial charge in [-0.25, -0.2) is 0 Å². The van der Waals surface area contributed by atoms with Crippen LogP contribution in [0.3, 0.4) is 0 Å². The molecule has 2 aromatic carbocycles. The lowest BCUT2D eigenvalue weighted by Gasteiger charge is -2.34. The van der Waals surface area contributed by atoms with Crippen LogP contribution in [0, 0.1) is 0 Å². The Labute approximate surface area is 188 Å². The highest BCUT2D eigenvalue weighted by Crippen LogP contribution is 2.39. The van der Waals surface area contributed by atoms with Gasteiger partial charge in [0.2, 0.25) is 5.75 Å². The van der Waals surface area contributed by atoms with Crippen molar-refractivity contribution in [2.24, 2.45) is 0 Å². The number of hydrogen-bond acceptors (Lipinski definition) is 5. The molecule has 2 aromatic rings. The maximum absolute atomic E-state index is 12.7. The van der Waals surface area contributed by atoms with Crippen LogP contribution in [-0.4, -0.2) is 62.7 Å². The molecule has 0 N–H and O–H groups in total. The number of benzene rings is 2. The first-order chi connectivity index (χ1) is 15.0. The molecule has 0 bridgehead atoms. The van der Waals surface area contributed by atoms with E-state index in [9.17, 15) is 4.79 Å². The SMILES string of the molecule is CC=Cc1cc(OC)c(OCC(=O)N2CCN(Cc3ccc(Cl)cc3)CC2)c(OC)c1. The number of allylic oxidation sites excluding steroid dienone is 1. The Hall–Kier alpha value is -2.70. The van der Waals surface area contributed by atoms with E-state index < -0.39 is 0 Å². The first kappa shape index (κ1) is 23.0. The Kier molecular flexibility index (Phi) is 8.20. The number of rotatable bonds is 8. The molecule has 0 unspecified atom stereocenters. The largest absolute Gasteiger partial charge is 0.493 e. The summed E-state index contributed by atoms with van der Waals surface area (Å²) in [7, 11) is 3.14. The van der Waals surface area contributed by atoms with Gasteiger partial charge in [0.05, 0.1) is 14.2 Å². The quantitative estimate of drug-likeness (QED) is 0.613. The zero-order chi connectivity index (χ0) is 22.2. The number of methoxy groups -OCH3 is 2. The number of carbonyl (C=O) groups excluding carboxylic acids is 1. The smallest absolute Gasteiger partial charge is 0.260 e. The molecule has 0 atom stereocenters. The third kappa shape index (κ3) is 6.15. The molecule has 1 heterocycles. The van der Waals surface area contributed by atoms with Crippen molar-refractivity contribution in [3.05, 3.63) is 58.6 Å². The monoisotopic (exact) mass is 444 g/mol. The van der Waals surface area contributed by atoms with Gasteiger partial charge in [-0.15, -0.1) is 0 Å². The van der Waals surface area contributed by atoms with Crippen molar-refractivity contribution in [2.75, 3.05) is 47.0 Å². The fraction of sp³-hybridized carbons (Fsp3) is 0.375. The predicted molar refractivity (Wildman–Crippen MR) is 123 cm³/mol. The van der Waals surface area contributed by atoms with Crippen LogP contribution in [-0.2, 0) is 11.3 Å². The van der Waals surface area contributed by atoms with Crippen molar-refractivity contribution in [3.8, 4) is 17.2 Å². The van der Waals surface area contributed by atoms with Crippen molar-refractivity contribution in [3.63, 3.8) is 0 Å². The van der Waals surface area contributed by atoms with E-state index in [1.807, 2.05) is 60.4 Å². The van der Waals surface area contributed by atoms with E-state index in [-0.39, 0.29) is 12.5 Å². The van der Waals surface area contributed by atoms with Crippen LogP contribution in [0.15, 0.2) is 42.5 Å². The molecule has 166 valence electrons. The Bertz CT molecular complexity index is 881. The van der Waals surface area contributed by atoms with Gasteiger partial charge in [0.15, 0.2) is 18.1 Å². The molecule has 31 heavy (non-hydrogen) atoms. The number of ether oxygens (including phenoxy) is 3. The van der Waals surface area contributed by atoms with E-state index in [4.69, 9.17) is 25.8 Å². The van der Waals surface area contributed by atoms with E-state index >= 15 is 0 Å². The van der Waals surface area contributed by atoms with Gasteiger partial charge >= 0.3 is 0 Å². The number of halogens is 1. The summed E-state index contributed by atoms with van der Waals surface area (Å²) in [6.45, 7) is 5.71. The predicted octanol–water partition coefficient (Wildman–Crippen LogP) is 4.11. The highest BCUT2D eigenvalue weighted by atomic mass is 35.5. The normalized spacial score (nSPS) is 14.6. The molecular weight excluding hydrogens is 416 g/mol. The van der Waals surface area contributed by atoms with E-state index in [1.54, 1.807) is 14.2 Å². The first-order valence-corrected chi connectivity index (χ1v) is 10.7. The molecule has 1 amide bonds. The second-order valence-electron chi connectivity index (χ2n) is 7.33. The molecule has 1 saturated heterocycles. The summed E-state index contributed by atoms with van der Waals surface area (Å²) in [5.74, 6) is 1.46. The number of nitrogens with zero attached hydrogens (tertiary/aromatic N) is 2. The lowest BCUT2D eigenvalue weighted by atomic mass is 10.1. The second kappa shape index (κ2) is 11.1. The van der Waals surface area contributed by atoms with Gasteiger partial charge in [-0.1, -0.05) is 35.9 Å². The first-order valence-electron chi connectivity index (χ1n) is 10.3. The van der Waals surface area contributed by atoms with Gasteiger partial charge in [-0.05, 0) is 42.3 Å². The van der Waals surface area contributed by atoms with Gasteiger partial charge in [0, 0.05) is 37.7 Å². The number of carbonyl (C=O) groups is 1. The second-order valence-corrected chi connectivity index (χ2v) is 7.76. The highest BCUT2D eigenvalue weighted by Gasteiger charge is 2.23. The van der Waals surface area contributed by atoms with Gasteiger partial charge in [0.25, 0.3) is 5.91 Å². The van der Waals surface area contributed by atoms with Gasteiger partial charge in [0.1, 0.15) is 0 Å². The van der Waals surface area contributed by atoms with E-state index in [1.165, 1.54) is 5.56 Å². The molecule has 0 radical (unpaired) electrons. The molecule has 3 rings (SSSR count). The molecule has 1 aliphatic rings. The highest BCUT2D eigenvalue weighted by molar-refractivity contribution is 6.30. The van der Waals surface area contributed by atoms with Crippen molar-refractivity contribution >= 4 is 23.6 Å². The van der Waals surface area contributed by atoms with Crippen LogP contribution in [0.1, 0.15) is 18.1 Å². The molecular formula is C24H29ClN2O4. The molecule has 1 aliphatic heterocycles. The van der Waals surface area contributed by atoms with Gasteiger partial charge in [-0.2, -0.15) is 0 Å². The van der Waals surface area contributed by atoms with Crippen molar-refractivity contribution < 1.29 is 19.0 Å². The zero-order valence-corrected chi connectivity index (χ0v) is 19.0. The average Bonchev–Trinajstić information content (AvgIpc) is 2.79. The zero-order valence-electron chi connectivity index (χ0n) is 18.3. The summed E-state index contributed by atoms with van der Waals surface area (Å²) in [5.41, 5.74) is 2.15. The molecule has 0 aliphatic carbocycles. The Morgan fingerprint density at radius 1 is 1.03 bits per heavy atom. The molecule has 1 fully saturated rings. The van der Waals surface area contributed by atoms with Crippen LogP contribution >= 0.6 is 11.6 Å². The van der Waals surface area contributed by atoms with Gasteiger partial charge in [-0.3, -0.25) is 9.69 Å².